The highest BCUT2D eigenvalue weighted by molar-refractivity contribution is 5.50. The molecule has 0 unspecified atom stereocenters. The molecule has 0 aromatic rings. The molecule has 0 aromatic carbocycles. The fourth-order valence-electron chi connectivity index (χ4n) is 2.98. The van der Waals surface area contributed by atoms with Gasteiger partial charge in [0, 0.05) is 12.5 Å². The van der Waals surface area contributed by atoms with Gasteiger partial charge in [-0.2, -0.15) is 0 Å². The zero-order valence-electron chi connectivity index (χ0n) is 8.24. The number of carbonyl (C=O) groups excluding carboxylic acids is 1. The smallest absolute Gasteiger partial charge is 0.120 e. The second kappa shape index (κ2) is 4.23. The first kappa shape index (κ1) is 9.20. The Morgan fingerprint density at radius 1 is 1.15 bits per heavy atom. The molecule has 2 aliphatic rings. The Bertz CT molecular complexity index is 179. The molecule has 0 aromatic heterocycles. The minimum Gasteiger partial charge on any atom is -0.303 e. The van der Waals surface area contributed by atoms with E-state index in [0.717, 1.165) is 18.7 Å². The largest absolute Gasteiger partial charge is 0.303 e. The molecule has 2 aliphatic heterocycles. The van der Waals surface area contributed by atoms with Crippen LogP contribution in [0.5, 0.6) is 0 Å². The van der Waals surface area contributed by atoms with Crippen LogP contribution >= 0.6 is 0 Å². The molecule has 0 spiro atoms. The topological polar surface area (TPSA) is 20.3 Å². The Balaban J connectivity index is 1.98. The van der Waals surface area contributed by atoms with Crippen molar-refractivity contribution in [3.05, 3.63) is 0 Å². The molecule has 13 heavy (non-hydrogen) atoms. The molecule has 2 saturated heterocycles. The van der Waals surface area contributed by atoms with E-state index in [1.54, 1.807) is 0 Å². The van der Waals surface area contributed by atoms with E-state index in [9.17, 15) is 4.79 Å². The number of hydrogen-bond acceptors (Lipinski definition) is 2. The minimum atomic E-state index is 0.673. The van der Waals surface area contributed by atoms with Crippen molar-refractivity contribution in [1.29, 1.82) is 0 Å². The van der Waals surface area contributed by atoms with Crippen molar-refractivity contribution in [3.8, 4) is 0 Å². The lowest BCUT2D eigenvalue weighted by molar-refractivity contribution is -0.109. The van der Waals surface area contributed by atoms with E-state index in [4.69, 9.17) is 0 Å². The molecule has 74 valence electrons. The molecule has 0 saturated carbocycles. The quantitative estimate of drug-likeness (QED) is 0.606. The SMILES string of the molecule is O=CC[C@@H]1CCCN2CCCC[C@H]12. The molecule has 0 bridgehead atoms. The predicted molar refractivity (Wildman–Crippen MR) is 52.6 cm³/mol. The first-order valence-corrected chi connectivity index (χ1v) is 5.59. The molecule has 0 amide bonds. The van der Waals surface area contributed by atoms with Crippen LogP contribution in [0.2, 0.25) is 0 Å². The predicted octanol–water partition coefficient (Wildman–Crippen LogP) is 1.84. The maximum absolute atomic E-state index is 10.5. The molecule has 2 fully saturated rings. The highest BCUT2D eigenvalue weighted by atomic mass is 16.1. The average Bonchev–Trinajstić information content (AvgIpc) is 2.19. The van der Waals surface area contributed by atoms with Gasteiger partial charge in [0.15, 0.2) is 0 Å². The molecule has 0 aliphatic carbocycles. The van der Waals surface area contributed by atoms with Crippen LogP contribution in [-0.4, -0.2) is 30.3 Å². The number of fused-ring (bicyclic) bond motifs is 1. The number of rotatable bonds is 2. The molecular weight excluding hydrogens is 162 g/mol. The summed E-state index contributed by atoms with van der Waals surface area (Å²) in [6, 6.07) is 0.743. The first-order valence-electron chi connectivity index (χ1n) is 5.59. The van der Waals surface area contributed by atoms with Crippen molar-refractivity contribution < 1.29 is 4.79 Å². The van der Waals surface area contributed by atoms with E-state index in [2.05, 4.69) is 4.90 Å². The second-order valence-corrected chi connectivity index (χ2v) is 4.40. The summed E-state index contributed by atoms with van der Waals surface area (Å²) in [5.41, 5.74) is 0. The van der Waals surface area contributed by atoms with Gasteiger partial charge >= 0.3 is 0 Å². The van der Waals surface area contributed by atoms with Gasteiger partial charge in [-0.15, -0.1) is 0 Å². The summed E-state index contributed by atoms with van der Waals surface area (Å²) in [6.45, 7) is 2.56. The summed E-state index contributed by atoms with van der Waals surface area (Å²) in [5.74, 6) is 0.673. The summed E-state index contributed by atoms with van der Waals surface area (Å²) in [6.07, 6.45) is 8.55. The lowest BCUT2D eigenvalue weighted by Gasteiger charge is -2.43. The number of piperidine rings is 2. The maximum Gasteiger partial charge on any atom is 0.120 e. The zero-order chi connectivity index (χ0) is 9.10. The van der Waals surface area contributed by atoms with Gasteiger partial charge in [-0.05, 0) is 44.7 Å². The number of aldehydes is 1. The van der Waals surface area contributed by atoms with Gasteiger partial charge in [0.25, 0.3) is 0 Å². The van der Waals surface area contributed by atoms with E-state index in [-0.39, 0.29) is 0 Å². The zero-order valence-corrected chi connectivity index (χ0v) is 8.24. The lowest BCUT2D eigenvalue weighted by atomic mass is 9.82. The third kappa shape index (κ3) is 1.93. The summed E-state index contributed by atoms with van der Waals surface area (Å²) in [7, 11) is 0. The Hall–Kier alpha value is -0.370. The van der Waals surface area contributed by atoms with E-state index in [0.29, 0.717) is 5.92 Å². The van der Waals surface area contributed by atoms with Gasteiger partial charge in [-0.1, -0.05) is 6.42 Å². The summed E-state index contributed by atoms with van der Waals surface area (Å²) in [5, 5.41) is 0. The van der Waals surface area contributed by atoms with Crippen molar-refractivity contribution in [2.75, 3.05) is 13.1 Å². The molecule has 2 heteroatoms. The number of nitrogens with zero attached hydrogens (tertiary/aromatic N) is 1. The normalized spacial score (nSPS) is 35.4. The molecule has 2 heterocycles. The minimum absolute atomic E-state index is 0.673. The van der Waals surface area contributed by atoms with Gasteiger partial charge in [0.2, 0.25) is 0 Å². The van der Waals surface area contributed by atoms with E-state index < -0.39 is 0 Å². The molecular formula is C11H19NO. The molecule has 2 rings (SSSR count). The third-order valence-electron chi connectivity index (χ3n) is 3.63. The highest BCUT2D eigenvalue weighted by Crippen LogP contribution is 2.31. The van der Waals surface area contributed by atoms with E-state index in [1.165, 1.54) is 45.2 Å². The van der Waals surface area contributed by atoms with Gasteiger partial charge < -0.3 is 9.69 Å². The molecule has 0 radical (unpaired) electrons. The van der Waals surface area contributed by atoms with Gasteiger partial charge in [-0.25, -0.2) is 0 Å². The molecule has 2 atom stereocenters. The Labute approximate surface area is 80.3 Å². The van der Waals surface area contributed by atoms with E-state index >= 15 is 0 Å². The molecule has 0 N–H and O–H groups in total. The van der Waals surface area contributed by atoms with Crippen LogP contribution in [0.3, 0.4) is 0 Å². The fourth-order valence-corrected chi connectivity index (χ4v) is 2.98. The second-order valence-electron chi connectivity index (χ2n) is 4.40. The van der Waals surface area contributed by atoms with Crippen molar-refractivity contribution in [2.24, 2.45) is 5.92 Å². The Morgan fingerprint density at radius 2 is 2.00 bits per heavy atom. The van der Waals surface area contributed by atoms with Crippen LogP contribution in [-0.2, 0) is 4.79 Å². The maximum atomic E-state index is 10.5. The standard InChI is InChI=1S/C11H19NO/c13-9-6-10-4-3-8-12-7-2-1-5-11(10)12/h9-11H,1-8H2/t10-,11+/m0/s1. The molecule has 2 nitrogen and oxygen atoms in total. The summed E-state index contributed by atoms with van der Waals surface area (Å²) in [4.78, 5) is 13.1. The van der Waals surface area contributed by atoms with Crippen molar-refractivity contribution in [3.63, 3.8) is 0 Å². The van der Waals surface area contributed by atoms with Crippen LogP contribution in [0.1, 0.15) is 38.5 Å². The van der Waals surface area contributed by atoms with Gasteiger partial charge in [0.05, 0.1) is 0 Å². The van der Waals surface area contributed by atoms with Crippen molar-refractivity contribution >= 4 is 6.29 Å². The number of hydrogen-bond donors (Lipinski definition) is 0. The summed E-state index contributed by atoms with van der Waals surface area (Å²) >= 11 is 0. The van der Waals surface area contributed by atoms with Crippen LogP contribution < -0.4 is 0 Å². The van der Waals surface area contributed by atoms with Crippen molar-refractivity contribution in [2.45, 2.75) is 44.6 Å². The monoisotopic (exact) mass is 181 g/mol. The van der Waals surface area contributed by atoms with Crippen LogP contribution in [0.15, 0.2) is 0 Å². The lowest BCUT2D eigenvalue weighted by Crippen LogP contribution is -2.47. The fraction of sp³-hybridized carbons (Fsp3) is 0.909. The van der Waals surface area contributed by atoms with E-state index in [1.807, 2.05) is 0 Å². The Kier molecular flexibility index (Phi) is 2.99. The number of carbonyl (C=O) groups is 1. The van der Waals surface area contributed by atoms with Gasteiger partial charge in [0.1, 0.15) is 6.29 Å². The summed E-state index contributed by atoms with van der Waals surface area (Å²) < 4.78 is 0. The van der Waals surface area contributed by atoms with Gasteiger partial charge in [-0.3, -0.25) is 0 Å². The first-order chi connectivity index (χ1) is 6.42. The Morgan fingerprint density at radius 3 is 2.85 bits per heavy atom. The van der Waals surface area contributed by atoms with Crippen LogP contribution in [0.4, 0.5) is 0 Å². The van der Waals surface area contributed by atoms with Crippen molar-refractivity contribution in [1.82, 2.24) is 4.90 Å². The third-order valence-corrected chi connectivity index (χ3v) is 3.63. The van der Waals surface area contributed by atoms with Crippen LogP contribution in [0.25, 0.3) is 0 Å². The average molecular weight is 181 g/mol. The van der Waals surface area contributed by atoms with Crippen LogP contribution in [0, 0.1) is 5.92 Å². The highest BCUT2D eigenvalue weighted by Gasteiger charge is 2.32.